The zero-order valence-electron chi connectivity index (χ0n) is 15.3. The molecular weight excluding hydrogens is 361 g/mol. The summed E-state index contributed by atoms with van der Waals surface area (Å²) >= 11 is 1.57. The smallest absolute Gasteiger partial charge is 0.313 e. The second-order valence-corrected chi connectivity index (χ2v) is 7.32. The van der Waals surface area contributed by atoms with Gasteiger partial charge < -0.3 is 9.88 Å². The number of hydrogen-bond donors (Lipinski definition) is 1. The Bertz CT molecular complexity index is 698. The average molecular weight is 386 g/mol. The third-order valence-corrected chi connectivity index (χ3v) is 4.58. The van der Waals surface area contributed by atoms with Crippen LogP contribution in [0.4, 0.5) is 13.2 Å². The van der Waals surface area contributed by atoms with Crippen molar-refractivity contribution in [2.24, 2.45) is 5.92 Å². The number of nitrogens with zero attached hydrogens (tertiary/aromatic N) is 3. The van der Waals surface area contributed by atoms with Crippen LogP contribution >= 0.6 is 11.8 Å². The molecule has 8 heteroatoms. The summed E-state index contributed by atoms with van der Waals surface area (Å²) < 4.78 is 41.1. The lowest BCUT2D eigenvalue weighted by Crippen LogP contribution is -2.19. The minimum Gasteiger partial charge on any atom is -0.313 e. The first-order valence-electron chi connectivity index (χ1n) is 8.64. The van der Waals surface area contributed by atoms with Gasteiger partial charge in [-0.15, -0.1) is 10.2 Å². The van der Waals surface area contributed by atoms with Crippen molar-refractivity contribution >= 4 is 11.8 Å². The third kappa shape index (κ3) is 5.74. The molecule has 1 aromatic heterocycles. The van der Waals surface area contributed by atoms with Crippen LogP contribution in [-0.2, 0) is 25.7 Å². The van der Waals surface area contributed by atoms with Crippen LogP contribution in [-0.4, -0.2) is 27.6 Å². The highest BCUT2D eigenvalue weighted by atomic mass is 32.2. The van der Waals surface area contributed by atoms with E-state index in [2.05, 4.69) is 33.9 Å². The van der Waals surface area contributed by atoms with E-state index in [4.69, 9.17) is 0 Å². The summed E-state index contributed by atoms with van der Waals surface area (Å²) in [4.78, 5) is 0. The molecule has 0 aliphatic rings. The van der Waals surface area contributed by atoms with Crippen LogP contribution in [0.2, 0.25) is 0 Å². The van der Waals surface area contributed by atoms with Crippen molar-refractivity contribution in [1.82, 2.24) is 20.1 Å². The monoisotopic (exact) mass is 386 g/mol. The van der Waals surface area contributed by atoms with Gasteiger partial charge in [-0.05, 0) is 36.8 Å². The maximum Gasteiger partial charge on any atom is 0.416 e. The molecule has 4 nitrogen and oxygen atoms in total. The zero-order valence-corrected chi connectivity index (χ0v) is 16.1. The first-order chi connectivity index (χ1) is 12.3. The normalized spacial score (nSPS) is 12.1. The van der Waals surface area contributed by atoms with Crippen molar-refractivity contribution in [1.29, 1.82) is 0 Å². The highest BCUT2D eigenvalue weighted by molar-refractivity contribution is 7.98. The van der Waals surface area contributed by atoms with Crippen LogP contribution in [0, 0.1) is 5.92 Å². The summed E-state index contributed by atoms with van der Waals surface area (Å²) in [6, 6.07) is 5.68. The van der Waals surface area contributed by atoms with E-state index in [9.17, 15) is 13.2 Å². The first kappa shape index (κ1) is 20.8. The molecule has 0 radical (unpaired) electrons. The standard InChI is InChI=1S/C18H25F3N4S/c1-13(2)12-25-16(23-24-17(25)26-3)9-6-10-22-11-14-7-4-5-8-15(14)18(19,20)21/h4-5,7-8,13,22H,6,9-12H2,1-3H3. The number of alkyl halides is 3. The van der Waals surface area contributed by atoms with Gasteiger partial charge in [0.1, 0.15) is 5.82 Å². The highest BCUT2D eigenvalue weighted by Crippen LogP contribution is 2.31. The summed E-state index contributed by atoms with van der Waals surface area (Å²) in [7, 11) is 0. The van der Waals surface area contributed by atoms with Crippen LogP contribution in [0.1, 0.15) is 37.2 Å². The highest BCUT2D eigenvalue weighted by Gasteiger charge is 2.32. The molecule has 0 spiro atoms. The summed E-state index contributed by atoms with van der Waals surface area (Å²) in [5.41, 5.74) is -0.304. The van der Waals surface area contributed by atoms with E-state index in [0.29, 0.717) is 12.5 Å². The number of benzene rings is 1. The summed E-state index contributed by atoms with van der Waals surface area (Å²) in [6.45, 7) is 5.98. The Morgan fingerprint density at radius 2 is 1.92 bits per heavy atom. The molecule has 0 aliphatic carbocycles. The molecule has 0 atom stereocenters. The van der Waals surface area contributed by atoms with Gasteiger partial charge in [-0.2, -0.15) is 13.2 Å². The van der Waals surface area contributed by atoms with Gasteiger partial charge in [0.25, 0.3) is 0 Å². The Morgan fingerprint density at radius 3 is 2.58 bits per heavy atom. The molecule has 1 aromatic carbocycles. The minimum absolute atomic E-state index is 0.199. The molecule has 0 bridgehead atoms. The van der Waals surface area contributed by atoms with Gasteiger partial charge in [0.05, 0.1) is 5.56 Å². The SMILES string of the molecule is CSc1nnc(CCCNCc2ccccc2C(F)(F)F)n1CC(C)C. The van der Waals surface area contributed by atoms with E-state index < -0.39 is 11.7 Å². The van der Waals surface area contributed by atoms with Crippen molar-refractivity contribution in [3.05, 3.63) is 41.2 Å². The maximum atomic E-state index is 13.0. The molecule has 0 saturated heterocycles. The molecule has 0 aliphatic heterocycles. The average Bonchev–Trinajstić information content (AvgIpc) is 2.95. The lowest BCUT2D eigenvalue weighted by Gasteiger charge is -2.13. The van der Waals surface area contributed by atoms with E-state index in [1.807, 2.05) is 6.26 Å². The van der Waals surface area contributed by atoms with E-state index in [1.165, 1.54) is 12.1 Å². The zero-order chi connectivity index (χ0) is 19.2. The summed E-state index contributed by atoms with van der Waals surface area (Å²) in [5, 5.41) is 12.5. The molecule has 2 rings (SSSR count). The van der Waals surface area contributed by atoms with E-state index in [-0.39, 0.29) is 12.1 Å². The molecule has 1 heterocycles. The van der Waals surface area contributed by atoms with Crippen LogP contribution in [0.3, 0.4) is 0 Å². The Morgan fingerprint density at radius 1 is 1.19 bits per heavy atom. The Kier molecular flexibility index (Phi) is 7.52. The van der Waals surface area contributed by atoms with Crippen LogP contribution in [0.5, 0.6) is 0 Å². The van der Waals surface area contributed by atoms with Gasteiger partial charge in [0.2, 0.25) is 0 Å². The van der Waals surface area contributed by atoms with E-state index in [1.54, 1.807) is 17.8 Å². The lowest BCUT2D eigenvalue weighted by molar-refractivity contribution is -0.138. The number of halogens is 3. The van der Waals surface area contributed by atoms with Crippen LogP contribution in [0.25, 0.3) is 0 Å². The predicted octanol–water partition coefficient (Wildman–Crippen LogP) is 4.40. The number of thioether (sulfide) groups is 1. The number of aryl methyl sites for hydroxylation is 1. The van der Waals surface area contributed by atoms with E-state index >= 15 is 0 Å². The van der Waals surface area contributed by atoms with Gasteiger partial charge in [0, 0.05) is 19.5 Å². The third-order valence-electron chi connectivity index (χ3n) is 3.92. The molecule has 0 saturated carbocycles. The van der Waals surface area contributed by atoms with Gasteiger partial charge in [-0.25, -0.2) is 0 Å². The fourth-order valence-corrected chi connectivity index (χ4v) is 3.27. The Labute approximate surface area is 156 Å². The fraction of sp³-hybridized carbons (Fsp3) is 0.556. The molecule has 26 heavy (non-hydrogen) atoms. The van der Waals surface area contributed by atoms with E-state index in [0.717, 1.165) is 36.4 Å². The maximum absolute atomic E-state index is 13.0. The molecule has 0 amide bonds. The first-order valence-corrected chi connectivity index (χ1v) is 9.87. The second kappa shape index (κ2) is 9.41. The van der Waals surface area contributed by atoms with Crippen molar-refractivity contribution in [3.63, 3.8) is 0 Å². The van der Waals surface area contributed by atoms with Crippen molar-refractivity contribution < 1.29 is 13.2 Å². The largest absolute Gasteiger partial charge is 0.416 e. The van der Waals surface area contributed by atoms with Crippen molar-refractivity contribution in [2.45, 2.75) is 51.1 Å². The quantitative estimate of drug-likeness (QED) is 0.512. The summed E-state index contributed by atoms with van der Waals surface area (Å²) in [5.74, 6) is 1.42. The molecule has 0 fully saturated rings. The lowest BCUT2D eigenvalue weighted by atomic mass is 10.1. The topological polar surface area (TPSA) is 42.7 Å². The fourth-order valence-electron chi connectivity index (χ4n) is 2.75. The van der Waals surface area contributed by atoms with Crippen molar-refractivity contribution in [2.75, 3.05) is 12.8 Å². The Hall–Kier alpha value is -1.54. The number of aromatic nitrogens is 3. The molecule has 1 N–H and O–H groups in total. The molecule has 0 unspecified atom stereocenters. The predicted molar refractivity (Wildman–Crippen MR) is 98.1 cm³/mol. The van der Waals surface area contributed by atoms with Crippen molar-refractivity contribution in [3.8, 4) is 0 Å². The minimum atomic E-state index is -4.32. The number of rotatable bonds is 9. The number of nitrogens with one attached hydrogen (secondary N) is 1. The molecular formula is C18H25F3N4S. The van der Waals surface area contributed by atoms with Gasteiger partial charge in [-0.1, -0.05) is 43.8 Å². The van der Waals surface area contributed by atoms with Gasteiger partial charge >= 0.3 is 6.18 Å². The van der Waals surface area contributed by atoms with Gasteiger partial charge in [-0.3, -0.25) is 0 Å². The number of hydrogen-bond acceptors (Lipinski definition) is 4. The summed E-state index contributed by atoms with van der Waals surface area (Å²) in [6.07, 6.45) is -0.809. The molecule has 144 valence electrons. The van der Waals surface area contributed by atoms with Crippen LogP contribution in [0.15, 0.2) is 29.4 Å². The Balaban J connectivity index is 1.86. The van der Waals surface area contributed by atoms with Gasteiger partial charge in [0.15, 0.2) is 5.16 Å². The second-order valence-electron chi connectivity index (χ2n) is 6.54. The van der Waals surface area contributed by atoms with Crippen LogP contribution < -0.4 is 5.32 Å². The molecule has 2 aromatic rings.